The second-order valence-corrected chi connectivity index (χ2v) is 12.6. The molecule has 4 rings (SSSR count). The van der Waals surface area contributed by atoms with E-state index in [2.05, 4.69) is 77.2 Å². The summed E-state index contributed by atoms with van der Waals surface area (Å²) in [6.45, 7) is 14.8. The van der Waals surface area contributed by atoms with Gasteiger partial charge in [-0.2, -0.15) is 0 Å². The van der Waals surface area contributed by atoms with Crippen LogP contribution in [0, 0.1) is 40.9 Å². The summed E-state index contributed by atoms with van der Waals surface area (Å²) < 4.78 is 0. The standard InChI is InChI=1S/C22H34S2/c1-12(2)15-7-8-16(11-15)22(5,6)19-17-9-13(3)23-20(17)21-18(19)10-14(4)24-21/h9-10,12,15-21H,7-8,11H2,1-6H3/t15-,16?,17?,18?,19?,20-,21?/m1/s1. The van der Waals surface area contributed by atoms with Crippen LogP contribution in [0.5, 0.6) is 0 Å². The quantitative estimate of drug-likeness (QED) is 0.531. The van der Waals surface area contributed by atoms with Crippen LogP contribution >= 0.6 is 23.5 Å². The number of fused-ring (bicyclic) bond motifs is 3. The Bertz CT molecular complexity index is 539. The van der Waals surface area contributed by atoms with Gasteiger partial charge in [0, 0.05) is 10.5 Å². The second kappa shape index (κ2) is 6.12. The minimum Gasteiger partial charge on any atom is -0.126 e. The summed E-state index contributed by atoms with van der Waals surface area (Å²) in [5.74, 6) is 5.23. The monoisotopic (exact) mass is 362 g/mol. The van der Waals surface area contributed by atoms with Gasteiger partial charge in [-0.1, -0.05) is 39.8 Å². The molecule has 4 aliphatic rings. The zero-order valence-corrected chi connectivity index (χ0v) is 17.8. The summed E-state index contributed by atoms with van der Waals surface area (Å²) in [7, 11) is 0. The number of hydrogen-bond donors (Lipinski definition) is 0. The van der Waals surface area contributed by atoms with Crippen LogP contribution < -0.4 is 0 Å². The average molecular weight is 363 g/mol. The van der Waals surface area contributed by atoms with Crippen LogP contribution in [0.15, 0.2) is 22.0 Å². The molecule has 2 saturated carbocycles. The largest absolute Gasteiger partial charge is 0.126 e. The molecule has 0 aromatic rings. The molecule has 0 aromatic heterocycles. The predicted molar refractivity (Wildman–Crippen MR) is 110 cm³/mol. The molecule has 0 bridgehead atoms. The highest BCUT2D eigenvalue weighted by molar-refractivity contribution is 8.07. The lowest BCUT2D eigenvalue weighted by Crippen LogP contribution is -2.37. The fourth-order valence-corrected chi connectivity index (χ4v) is 9.51. The van der Waals surface area contributed by atoms with E-state index in [0.717, 1.165) is 46.0 Å². The molecule has 2 heteroatoms. The van der Waals surface area contributed by atoms with E-state index in [9.17, 15) is 0 Å². The molecule has 0 amide bonds. The van der Waals surface area contributed by atoms with Crippen LogP contribution in [-0.4, -0.2) is 10.5 Å². The number of thioether (sulfide) groups is 2. The molecule has 0 radical (unpaired) electrons. The van der Waals surface area contributed by atoms with Gasteiger partial charge in [0.1, 0.15) is 0 Å². The van der Waals surface area contributed by atoms with Gasteiger partial charge in [0.2, 0.25) is 0 Å². The lowest BCUT2D eigenvalue weighted by molar-refractivity contribution is 0.0780. The van der Waals surface area contributed by atoms with Gasteiger partial charge in [-0.05, 0) is 83.8 Å². The summed E-state index contributed by atoms with van der Waals surface area (Å²) in [5.41, 5.74) is 0.468. The zero-order valence-electron chi connectivity index (χ0n) is 16.2. The Labute approximate surface area is 157 Å². The van der Waals surface area contributed by atoms with Gasteiger partial charge in [0.25, 0.3) is 0 Å². The number of allylic oxidation sites excluding steroid dienone is 4. The molecular weight excluding hydrogens is 328 g/mol. The van der Waals surface area contributed by atoms with Crippen LogP contribution in [0.3, 0.4) is 0 Å². The average Bonchev–Trinajstić information content (AvgIpc) is 3.19. The number of rotatable bonds is 3. The van der Waals surface area contributed by atoms with E-state index in [1.54, 1.807) is 9.81 Å². The first-order chi connectivity index (χ1) is 11.3. The molecule has 0 saturated heterocycles. The van der Waals surface area contributed by atoms with Crippen molar-refractivity contribution in [3.8, 4) is 0 Å². The topological polar surface area (TPSA) is 0 Å². The summed E-state index contributed by atoms with van der Waals surface area (Å²) in [4.78, 5) is 3.17. The lowest BCUT2D eigenvalue weighted by Gasteiger charge is -2.42. The second-order valence-electron chi connectivity index (χ2n) is 9.74. The Hall–Kier alpha value is 0.180. The van der Waals surface area contributed by atoms with E-state index in [1.807, 2.05) is 0 Å². The van der Waals surface area contributed by atoms with E-state index >= 15 is 0 Å². The number of hydrogen-bond acceptors (Lipinski definition) is 2. The summed E-state index contributed by atoms with van der Waals surface area (Å²) in [6, 6.07) is 0. The molecule has 2 aliphatic carbocycles. The van der Waals surface area contributed by atoms with Crippen LogP contribution in [0.1, 0.15) is 60.8 Å². The summed E-state index contributed by atoms with van der Waals surface area (Å²) >= 11 is 4.38. The van der Waals surface area contributed by atoms with Crippen molar-refractivity contribution in [3.05, 3.63) is 22.0 Å². The minimum atomic E-state index is 0.468. The van der Waals surface area contributed by atoms with Crippen molar-refractivity contribution in [2.24, 2.45) is 40.9 Å². The maximum Gasteiger partial charge on any atom is 0.0285 e. The fourth-order valence-electron chi connectivity index (χ4n) is 6.40. The molecule has 0 aromatic carbocycles. The van der Waals surface area contributed by atoms with Crippen molar-refractivity contribution >= 4 is 23.5 Å². The van der Waals surface area contributed by atoms with E-state index < -0.39 is 0 Å². The van der Waals surface area contributed by atoms with Crippen LogP contribution in [0.4, 0.5) is 0 Å². The van der Waals surface area contributed by atoms with Crippen molar-refractivity contribution in [2.45, 2.75) is 71.3 Å². The summed E-state index contributed by atoms with van der Waals surface area (Å²) in [5, 5.41) is 1.67. The Morgan fingerprint density at radius 1 is 0.958 bits per heavy atom. The van der Waals surface area contributed by atoms with Gasteiger partial charge in [0.05, 0.1) is 0 Å². The molecule has 7 atom stereocenters. The summed E-state index contributed by atoms with van der Waals surface area (Å²) in [6.07, 6.45) is 9.71. The first-order valence-electron chi connectivity index (χ1n) is 9.99. The zero-order chi connectivity index (χ0) is 17.2. The molecule has 2 aliphatic heterocycles. The minimum absolute atomic E-state index is 0.468. The third kappa shape index (κ3) is 2.66. The Kier molecular flexibility index (Phi) is 4.48. The van der Waals surface area contributed by atoms with Gasteiger partial charge in [-0.15, -0.1) is 23.5 Å². The molecule has 134 valence electrons. The Balaban J connectivity index is 1.63. The van der Waals surface area contributed by atoms with Gasteiger partial charge < -0.3 is 0 Å². The highest BCUT2D eigenvalue weighted by Crippen LogP contribution is 2.65. The van der Waals surface area contributed by atoms with Gasteiger partial charge in [-0.3, -0.25) is 0 Å². The van der Waals surface area contributed by atoms with E-state index in [4.69, 9.17) is 0 Å². The molecule has 5 unspecified atom stereocenters. The SMILES string of the molecule is CC1=CC2C(S1)[C@@H]1SC(C)=CC1C2C(C)(C)C1CC[C@@H](C(C)C)C1. The van der Waals surface area contributed by atoms with Crippen molar-refractivity contribution in [1.29, 1.82) is 0 Å². The fraction of sp³-hybridized carbons (Fsp3) is 0.818. The van der Waals surface area contributed by atoms with Crippen molar-refractivity contribution in [3.63, 3.8) is 0 Å². The predicted octanol–water partition coefficient (Wildman–Crippen LogP) is 6.99. The maximum absolute atomic E-state index is 2.65. The van der Waals surface area contributed by atoms with Crippen molar-refractivity contribution < 1.29 is 0 Å². The molecular formula is C22H34S2. The van der Waals surface area contributed by atoms with Crippen LogP contribution in [0.25, 0.3) is 0 Å². The molecule has 0 nitrogen and oxygen atoms in total. The molecule has 24 heavy (non-hydrogen) atoms. The van der Waals surface area contributed by atoms with Crippen LogP contribution in [-0.2, 0) is 0 Å². The van der Waals surface area contributed by atoms with Gasteiger partial charge >= 0.3 is 0 Å². The maximum atomic E-state index is 2.65. The van der Waals surface area contributed by atoms with Crippen LogP contribution in [0.2, 0.25) is 0 Å². The van der Waals surface area contributed by atoms with E-state index in [1.165, 1.54) is 19.3 Å². The molecule has 2 heterocycles. The smallest absolute Gasteiger partial charge is 0.0285 e. The van der Waals surface area contributed by atoms with Crippen molar-refractivity contribution in [1.82, 2.24) is 0 Å². The van der Waals surface area contributed by atoms with Gasteiger partial charge in [-0.25, -0.2) is 0 Å². The Morgan fingerprint density at radius 2 is 1.50 bits per heavy atom. The van der Waals surface area contributed by atoms with E-state index in [-0.39, 0.29) is 0 Å². The molecule has 2 fully saturated rings. The normalized spacial score (nSPS) is 44.7. The first kappa shape index (κ1) is 17.6. The highest BCUT2D eigenvalue weighted by atomic mass is 32.2. The third-order valence-electron chi connectivity index (χ3n) is 7.74. The first-order valence-corrected chi connectivity index (χ1v) is 11.7. The highest BCUT2D eigenvalue weighted by Gasteiger charge is 2.59. The molecule has 0 N–H and O–H groups in total. The molecule has 0 spiro atoms. The van der Waals surface area contributed by atoms with Gasteiger partial charge in [0.15, 0.2) is 0 Å². The third-order valence-corrected chi connectivity index (χ3v) is 10.7. The lowest BCUT2D eigenvalue weighted by atomic mass is 9.62. The van der Waals surface area contributed by atoms with Crippen molar-refractivity contribution in [2.75, 3.05) is 0 Å². The van der Waals surface area contributed by atoms with E-state index in [0.29, 0.717) is 5.41 Å². The Morgan fingerprint density at radius 3 is 1.96 bits per heavy atom.